The molecule has 1 saturated heterocycles. The zero-order valence-electron chi connectivity index (χ0n) is 14.2. The molecule has 7 N–H and O–H groups in total. The normalized spacial score (nSPS) is 24.6. The number of hydrogen-bond donors (Lipinski definition) is 5. The number of fused-ring (bicyclic) bond motifs is 1. The Kier molecular flexibility index (Phi) is 4.44. The summed E-state index contributed by atoms with van der Waals surface area (Å²) in [6, 6.07) is 0. The molecule has 3 aromatic heterocycles. The highest BCUT2D eigenvalue weighted by Crippen LogP contribution is 2.46. The van der Waals surface area contributed by atoms with Crippen molar-refractivity contribution in [3.8, 4) is 0 Å². The van der Waals surface area contributed by atoms with Gasteiger partial charge in [0.1, 0.15) is 12.3 Å². The molecule has 0 aliphatic carbocycles. The van der Waals surface area contributed by atoms with Gasteiger partial charge in [-0.1, -0.05) is 0 Å². The molecule has 4 heterocycles. The van der Waals surface area contributed by atoms with E-state index in [9.17, 15) is 19.4 Å². The Morgan fingerprint density at radius 3 is 2.93 bits per heavy atom. The van der Waals surface area contributed by atoms with Crippen LogP contribution in [-0.4, -0.2) is 57.7 Å². The van der Waals surface area contributed by atoms with Crippen LogP contribution >= 0.6 is 7.75 Å². The maximum atomic E-state index is 12.3. The molecular weight excluding hydrogens is 395 g/mol. The number of hydrogen-bond acceptors (Lipinski definition) is 10. The van der Waals surface area contributed by atoms with Gasteiger partial charge in [-0.2, -0.15) is 4.98 Å². The van der Waals surface area contributed by atoms with E-state index in [0.29, 0.717) is 0 Å². The van der Waals surface area contributed by atoms with E-state index >= 15 is 0 Å². The molecule has 4 rings (SSSR count). The molecule has 0 spiro atoms. The first-order valence-corrected chi connectivity index (χ1v) is 9.62. The van der Waals surface area contributed by atoms with Crippen molar-refractivity contribution in [1.82, 2.24) is 28.8 Å². The number of ether oxygens (including phenoxy) is 1. The summed E-state index contributed by atoms with van der Waals surface area (Å²) >= 11 is 0. The number of aromatic amines is 1. The predicted molar refractivity (Wildman–Crippen MR) is 94.9 cm³/mol. The smallest absolute Gasteiger partial charge is 0.390 e. The lowest BCUT2D eigenvalue weighted by atomic mass is 10.2. The molecular formula is C13H17N8O6P. The number of nitrogens with zero attached hydrogens (tertiary/aromatic N) is 5. The van der Waals surface area contributed by atoms with E-state index in [2.05, 4.69) is 19.9 Å². The Morgan fingerprint density at radius 1 is 1.43 bits per heavy atom. The van der Waals surface area contributed by atoms with E-state index in [0.717, 1.165) is 4.34 Å². The summed E-state index contributed by atoms with van der Waals surface area (Å²) < 4.78 is 25.3. The minimum absolute atomic E-state index is 0.0717. The van der Waals surface area contributed by atoms with Gasteiger partial charge < -0.3 is 26.2 Å². The SMILES string of the molecule is Nc1nc2c(ncn2[C@H]2C[C@H](O)[C@@H](COP(=O)(O)n3ccnc3N)O2)c(=O)[nH]1. The molecule has 0 aromatic carbocycles. The first-order chi connectivity index (χ1) is 13.3. The molecule has 1 unspecified atom stereocenters. The standard InChI is InChI=1S/C13H17N8O6P/c14-12-18-10-9(11(23)19-12)17-5-20(10)8-3-6(22)7(27-8)4-26-28(24,25)21-2-1-16-13(21)15/h1-2,5-8,22H,3-4H2,(H2,15,16)(H,24,25)(H3,14,18,19,23)/t6-,7+,8+/m0/s1. The number of imidazole rings is 2. The van der Waals surface area contributed by atoms with Gasteiger partial charge in [0.25, 0.3) is 5.56 Å². The third kappa shape index (κ3) is 3.16. The summed E-state index contributed by atoms with van der Waals surface area (Å²) in [7, 11) is -4.30. The Bertz CT molecular complexity index is 1120. The number of nitrogens with two attached hydrogens (primary N) is 2. The second-order valence-electron chi connectivity index (χ2n) is 6.12. The largest absolute Gasteiger partial charge is 0.439 e. The van der Waals surface area contributed by atoms with Crippen LogP contribution in [0.2, 0.25) is 0 Å². The van der Waals surface area contributed by atoms with Crippen LogP contribution in [0.15, 0.2) is 23.5 Å². The molecule has 1 fully saturated rings. The highest BCUT2D eigenvalue weighted by molar-refractivity contribution is 7.51. The van der Waals surface area contributed by atoms with Crippen LogP contribution in [-0.2, 0) is 13.8 Å². The maximum Gasteiger partial charge on any atom is 0.439 e. The molecule has 0 amide bonds. The molecule has 4 atom stereocenters. The van der Waals surface area contributed by atoms with Crippen LogP contribution in [0, 0.1) is 0 Å². The maximum absolute atomic E-state index is 12.3. The summed E-state index contributed by atoms with van der Waals surface area (Å²) in [4.78, 5) is 35.9. The molecule has 0 saturated carbocycles. The average molecular weight is 412 g/mol. The van der Waals surface area contributed by atoms with Crippen molar-refractivity contribution in [1.29, 1.82) is 0 Å². The van der Waals surface area contributed by atoms with E-state index < -0.39 is 31.7 Å². The van der Waals surface area contributed by atoms with Crippen molar-refractivity contribution in [2.24, 2.45) is 0 Å². The first-order valence-electron chi connectivity index (χ1n) is 8.09. The third-order valence-electron chi connectivity index (χ3n) is 4.29. The number of nitrogens with one attached hydrogen (secondary N) is 1. The van der Waals surface area contributed by atoms with Gasteiger partial charge in [0, 0.05) is 18.8 Å². The minimum Gasteiger partial charge on any atom is -0.390 e. The Labute approximate surface area is 156 Å². The van der Waals surface area contributed by atoms with Crippen LogP contribution < -0.4 is 17.0 Å². The Balaban J connectivity index is 1.51. The topological polar surface area (TPSA) is 209 Å². The lowest BCUT2D eigenvalue weighted by molar-refractivity contribution is -0.0399. The number of H-pyrrole nitrogens is 1. The molecule has 1 aliphatic rings. The average Bonchev–Trinajstić information content (AvgIpc) is 3.31. The summed E-state index contributed by atoms with van der Waals surface area (Å²) in [6.07, 6.45) is 1.29. The minimum atomic E-state index is -4.30. The second kappa shape index (κ2) is 6.68. The first kappa shape index (κ1) is 18.6. The highest BCUT2D eigenvalue weighted by Gasteiger charge is 2.38. The summed E-state index contributed by atoms with van der Waals surface area (Å²) in [6.45, 7) is -0.383. The number of anilines is 2. The molecule has 28 heavy (non-hydrogen) atoms. The van der Waals surface area contributed by atoms with Gasteiger partial charge in [-0.3, -0.25) is 18.9 Å². The fourth-order valence-corrected chi connectivity index (χ4v) is 3.95. The number of nitrogen functional groups attached to an aromatic ring is 2. The van der Waals surface area contributed by atoms with Gasteiger partial charge in [0.2, 0.25) is 11.9 Å². The zero-order chi connectivity index (χ0) is 20.1. The molecule has 3 aromatic rings. The van der Waals surface area contributed by atoms with Crippen molar-refractivity contribution in [2.75, 3.05) is 18.1 Å². The molecule has 14 nitrogen and oxygen atoms in total. The predicted octanol–water partition coefficient (Wildman–Crippen LogP) is -1.21. The second-order valence-corrected chi connectivity index (χ2v) is 7.79. The zero-order valence-corrected chi connectivity index (χ0v) is 15.1. The number of aliphatic hydroxyl groups is 1. The quantitative estimate of drug-likeness (QED) is 0.314. The van der Waals surface area contributed by atoms with Gasteiger partial charge in [-0.05, 0) is 0 Å². The van der Waals surface area contributed by atoms with E-state index in [1.54, 1.807) is 0 Å². The van der Waals surface area contributed by atoms with Crippen molar-refractivity contribution in [2.45, 2.75) is 24.9 Å². The Morgan fingerprint density at radius 2 is 2.21 bits per heavy atom. The van der Waals surface area contributed by atoms with Crippen LogP contribution in [0.4, 0.5) is 11.9 Å². The molecule has 15 heteroatoms. The van der Waals surface area contributed by atoms with E-state index in [1.165, 1.54) is 23.3 Å². The summed E-state index contributed by atoms with van der Waals surface area (Å²) in [5.41, 5.74) is 10.8. The van der Waals surface area contributed by atoms with Crippen molar-refractivity contribution in [3.63, 3.8) is 0 Å². The van der Waals surface area contributed by atoms with Crippen LogP contribution in [0.1, 0.15) is 12.6 Å². The fourth-order valence-electron chi connectivity index (χ4n) is 2.94. The van der Waals surface area contributed by atoms with Crippen molar-refractivity contribution >= 4 is 30.8 Å². The van der Waals surface area contributed by atoms with Gasteiger partial charge in [-0.15, -0.1) is 0 Å². The van der Waals surface area contributed by atoms with Gasteiger partial charge in [0.15, 0.2) is 11.2 Å². The van der Waals surface area contributed by atoms with Crippen LogP contribution in [0.5, 0.6) is 0 Å². The third-order valence-corrected chi connectivity index (χ3v) is 5.66. The van der Waals surface area contributed by atoms with Gasteiger partial charge in [0.05, 0.1) is 19.0 Å². The molecule has 0 bridgehead atoms. The lowest BCUT2D eigenvalue weighted by Crippen LogP contribution is -2.26. The number of rotatable bonds is 5. The number of aromatic nitrogens is 6. The number of aliphatic hydroxyl groups excluding tert-OH is 1. The van der Waals surface area contributed by atoms with Crippen molar-refractivity contribution < 1.29 is 23.8 Å². The monoisotopic (exact) mass is 412 g/mol. The lowest BCUT2D eigenvalue weighted by Gasteiger charge is -2.19. The summed E-state index contributed by atoms with van der Waals surface area (Å²) in [5, 5.41) is 10.3. The Hall–Kier alpha value is -2.77. The van der Waals surface area contributed by atoms with Gasteiger partial charge in [-0.25, -0.2) is 18.9 Å². The van der Waals surface area contributed by atoms with Crippen molar-refractivity contribution in [3.05, 3.63) is 29.1 Å². The molecule has 0 radical (unpaired) electrons. The molecule has 1 aliphatic heterocycles. The van der Waals surface area contributed by atoms with Gasteiger partial charge >= 0.3 is 7.75 Å². The summed E-state index contributed by atoms with van der Waals surface area (Å²) in [5.74, 6) is -0.271. The van der Waals surface area contributed by atoms with E-state index in [4.69, 9.17) is 20.7 Å². The molecule has 150 valence electrons. The van der Waals surface area contributed by atoms with E-state index in [-0.39, 0.29) is 36.1 Å². The van der Waals surface area contributed by atoms with Crippen LogP contribution in [0.25, 0.3) is 11.2 Å². The van der Waals surface area contributed by atoms with E-state index in [1.807, 2.05) is 0 Å². The fraction of sp³-hybridized carbons (Fsp3) is 0.385. The van der Waals surface area contributed by atoms with Crippen LogP contribution in [0.3, 0.4) is 0 Å². The highest BCUT2D eigenvalue weighted by atomic mass is 31.2.